The van der Waals surface area contributed by atoms with Crippen LogP contribution in [0.1, 0.15) is 22.6 Å². The van der Waals surface area contributed by atoms with E-state index in [0.29, 0.717) is 27.4 Å². The molecule has 0 spiro atoms. The Morgan fingerprint density at radius 2 is 1.31 bits per heavy atom. The molecule has 4 aromatic carbocycles. The number of benzene rings is 4. The van der Waals surface area contributed by atoms with Gasteiger partial charge in [0.1, 0.15) is 5.66 Å². The summed E-state index contributed by atoms with van der Waals surface area (Å²) >= 11 is 0. The lowest BCUT2D eigenvalue weighted by Crippen LogP contribution is -2.48. The van der Waals surface area contributed by atoms with E-state index in [9.17, 15) is 18.0 Å². The van der Waals surface area contributed by atoms with Crippen LogP contribution in [0.5, 0.6) is 0 Å². The van der Waals surface area contributed by atoms with Crippen LogP contribution in [0.25, 0.3) is 0 Å². The monoisotopic (exact) mass is 505 g/mol. The Bertz CT molecular complexity index is 1410. The smallest absolute Gasteiger partial charge is 0.315 e. The first-order chi connectivity index (χ1) is 17.2. The van der Waals surface area contributed by atoms with Crippen LogP contribution in [0.2, 0.25) is 0 Å². The van der Waals surface area contributed by atoms with Gasteiger partial charge in [-0.25, -0.2) is 0 Å². The zero-order valence-electron chi connectivity index (χ0n) is 19.4. The Hall–Kier alpha value is -3.63. The van der Waals surface area contributed by atoms with Crippen molar-refractivity contribution in [1.82, 2.24) is 0 Å². The lowest BCUT2D eigenvalue weighted by Gasteiger charge is -2.42. The summed E-state index contributed by atoms with van der Waals surface area (Å²) in [5, 5.41) is 0.971. The zero-order chi connectivity index (χ0) is 25.5. The van der Waals surface area contributed by atoms with E-state index >= 15 is 4.57 Å². The molecule has 4 aromatic rings. The highest BCUT2D eigenvalue weighted by Gasteiger charge is 2.51. The van der Waals surface area contributed by atoms with Gasteiger partial charge in [-0.3, -0.25) is 4.79 Å². The molecule has 182 valence electrons. The molecule has 36 heavy (non-hydrogen) atoms. The molecule has 1 aliphatic rings. The Morgan fingerprint density at radius 3 is 1.89 bits per heavy atom. The maximum atomic E-state index is 15.3. The quantitative estimate of drug-likeness (QED) is 0.310. The molecule has 7 heteroatoms. The van der Waals surface area contributed by atoms with E-state index in [0.717, 1.165) is 12.1 Å². The van der Waals surface area contributed by atoms with Gasteiger partial charge in [0.25, 0.3) is 0 Å². The minimum atomic E-state index is -4.55. The maximum Gasteiger partial charge on any atom is 0.416 e. The van der Waals surface area contributed by atoms with Gasteiger partial charge >= 0.3 is 6.18 Å². The number of para-hydroxylation sites is 1. The number of halogens is 3. The van der Waals surface area contributed by atoms with Gasteiger partial charge in [-0.1, -0.05) is 97.1 Å². The molecule has 0 saturated carbocycles. The highest BCUT2D eigenvalue weighted by Crippen LogP contribution is 2.58. The molecule has 0 radical (unpaired) electrons. The van der Waals surface area contributed by atoms with Crippen LogP contribution in [0.15, 0.2) is 109 Å². The van der Waals surface area contributed by atoms with Crippen molar-refractivity contribution < 1.29 is 22.5 Å². The van der Waals surface area contributed by atoms with Crippen LogP contribution in [0.4, 0.5) is 18.9 Å². The van der Waals surface area contributed by atoms with Crippen LogP contribution in [0, 0.1) is 0 Å². The summed E-state index contributed by atoms with van der Waals surface area (Å²) in [5.74, 6) is -1.24. The van der Waals surface area contributed by atoms with Crippen LogP contribution < -0.4 is 15.5 Å². The summed E-state index contributed by atoms with van der Waals surface area (Å²) in [6.07, 6.45) is -4.55. The average Bonchev–Trinajstić information content (AvgIpc) is 2.91. The molecular formula is C29H23F3NO2P. The Kier molecular flexibility index (Phi) is 6.09. The summed E-state index contributed by atoms with van der Waals surface area (Å²) in [7, 11) is -2.08. The van der Waals surface area contributed by atoms with Crippen molar-refractivity contribution in [1.29, 1.82) is 0 Å². The topological polar surface area (TPSA) is 37.4 Å². The third-order valence-corrected chi connectivity index (χ3v) is 10.2. The van der Waals surface area contributed by atoms with E-state index in [4.69, 9.17) is 0 Å². The summed E-state index contributed by atoms with van der Waals surface area (Å²) in [6.45, 7) is 0. The second-order valence-corrected chi connectivity index (χ2v) is 11.7. The fraction of sp³-hybridized carbons (Fsp3) is 0.138. The third kappa shape index (κ3) is 3.96. The van der Waals surface area contributed by atoms with Gasteiger partial charge < -0.3 is 9.46 Å². The number of alkyl halides is 3. The van der Waals surface area contributed by atoms with Crippen molar-refractivity contribution in [3.63, 3.8) is 0 Å². The Balaban J connectivity index is 1.84. The molecule has 1 heterocycles. The van der Waals surface area contributed by atoms with Gasteiger partial charge in [-0.15, -0.1) is 0 Å². The van der Waals surface area contributed by atoms with E-state index < -0.39 is 36.4 Å². The number of hydrogen-bond acceptors (Lipinski definition) is 2. The summed E-state index contributed by atoms with van der Waals surface area (Å²) < 4.78 is 56.4. The van der Waals surface area contributed by atoms with Crippen molar-refractivity contribution in [2.24, 2.45) is 0 Å². The molecule has 0 bridgehead atoms. The zero-order valence-corrected chi connectivity index (χ0v) is 20.3. The van der Waals surface area contributed by atoms with Crippen molar-refractivity contribution in [3.8, 4) is 0 Å². The van der Waals surface area contributed by atoms with Crippen LogP contribution >= 0.6 is 7.14 Å². The summed E-state index contributed by atoms with van der Waals surface area (Å²) in [4.78, 5) is 15.6. The van der Waals surface area contributed by atoms with Gasteiger partial charge in [0.05, 0.1) is 5.56 Å². The Labute approximate surface area is 207 Å². The number of amides is 1. The Morgan fingerprint density at radius 1 is 0.750 bits per heavy atom. The van der Waals surface area contributed by atoms with Crippen LogP contribution in [0.3, 0.4) is 0 Å². The lowest BCUT2D eigenvalue weighted by atomic mass is 9.83. The van der Waals surface area contributed by atoms with Crippen molar-refractivity contribution in [2.75, 3.05) is 11.9 Å². The predicted octanol–water partition coefficient (Wildman–Crippen LogP) is 6.20. The molecule has 5 rings (SSSR count). The number of fused-ring (bicyclic) bond motifs is 1. The first-order valence-corrected chi connectivity index (χ1v) is 13.2. The summed E-state index contributed by atoms with van der Waals surface area (Å²) in [5.41, 5.74) is -0.386. The van der Waals surface area contributed by atoms with Crippen LogP contribution in [-0.2, 0) is 15.5 Å². The van der Waals surface area contributed by atoms with Gasteiger partial charge in [0.15, 0.2) is 7.14 Å². The van der Waals surface area contributed by atoms with Gasteiger partial charge in [0, 0.05) is 29.3 Å². The molecule has 2 atom stereocenters. The minimum absolute atomic E-state index is 0.302. The SMILES string of the molecule is CN1C(=O)[C@@H](P(=O)(c2ccccc2)c2ccccc2)[C@H](c2cccc(C(F)(F)F)c2)c2ccccc21. The van der Waals surface area contributed by atoms with E-state index in [1.165, 1.54) is 11.0 Å². The number of anilines is 1. The van der Waals surface area contributed by atoms with Gasteiger partial charge in [-0.2, -0.15) is 13.2 Å². The van der Waals surface area contributed by atoms with Crippen molar-refractivity contribution in [3.05, 3.63) is 126 Å². The second-order valence-electron chi connectivity index (χ2n) is 8.83. The van der Waals surface area contributed by atoms with E-state index in [2.05, 4.69) is 0 Å². The van der Waals surface area contributed by atoms with E-state index in [-0.39, 0.29) is 0 Å². The number of hydrogen-bond donors (Lipinski definition) is 0. The molecule has 0 saturated heterocycles. The first kappa shape index (κ1) is 24.1. The maximum absolute atomic E-state index is 15.3. The van der Waals surface area contributed by atoms with Gasteiger partial charge in [-0.05, 0) is 23.3 Å². The number of rotatable bonds is 4. The fourth-order valence-corrected chi connectivity index (χ4v) is 8.50. The van der Waals surface area contributed by atoms with E-state index in [1.54, 1.807) is 98.0 Å². The summed E-state index contributed by atoms with van der Waals surface area (Å²) in [6, 6.07) is 29.7. The number of carbonyl (C=O) groups excluding carboxylic acids is 1. The molecule has 0 unspecified atom stereocenters. The minimum Gasteiger partial charge on any atom is -0.315 e. The van der Waals surface area contributed by atoms with Crippen LogP contribution in [-0.4, -0.2) is 18.6 Å². The molecule has 0 aromatic heterocycles. The normalized spacial score (nSPS) is 18.1. The van der Waals surface area contributed by atoms with E-state index in [1.807, 2.05) is 0 Å². The molecule has 0 N–H and O–H groups in total. The van der Waals surface area contributed by atoms with Crippen molar-refractivity contribution >= 4 is 29.3 Å². The van der Waals surface area contributed by atoms with Crippen molar-refractivity contribution in [2.45, 2.75) is 17.8 Å². The number of nitrogens with zero attached hydrogens (tertiary/aromatic N) is 1. The average molecular weight is 505 g/mol. The highest BCUT2D eigenvalue weighted by molar-refractivity contribution is 7.80. The number of carbonyl (C=O) groups is 1. The molecular weight excluding hydrogens is 482 g/mol. The fourth-order valence-electron chi connectivity index (χ4n) is 5.09. The van der Waals surface area contributed by atoms with Gasteiger partial charge in [0.2, 0.25) is 5.91 Å². The molecule has 0 fully saturated rings. The molecule has 1 aliphatic heterocycles. The second kappa shape index (κ2) is 9.11. The standard InChI is InChI=1S/C29H23F3NO2P/c1-33-25-18-9-8-17-24(25)26(20-11-10-12-21(19-20)29(30,31)32)27(28(33)34)36(35,22-13-4-2-5-14-22)23-15-6-3-7-16-23/h2-19,26-27H,1H3/t26-,27+/m1/s1. The first-order valence-electron chi connectivity index (χ1n) is 11.5. The lowest BCUT2D eigenvalue weighted by molar-refractivity contribution is -0.137. The largest absolute Gasteiger partial charge is 0.416 e. The predicted molar refractivity (Wildman–Crippen MR) is 137 cm³/mol. The highest BCUT2D eigenvalue weighted by atomic mass is 31.2. The molecule has 0 aliphatic carbocycles. The molecule has 3 nitrogen and oxygen atoms in total. The molecule has 1 amide bonds. The third-order valence-electron chi connectivity index (χ3n) is 6.78.